The van der Waals surface area contributed by atoms with E-state index in [1.165, 1.54) is 11.8 Å². The van der Waals surface area contributed by atoms with Gasteiger partial charge in [0.05, 0.1) is 5.75 Å². The molecule has 0 unspecified atom stereocenters. The molecule has 0 aliphatic heterocycles. The summed E-state index contributed by atoms with van der Waals surface area (Å²) in [5.41, 5.74) is 4.01. The van der Waals surface area contributed by atoms with E-state index in [0.717, 1.165) is 34.7 Å². The molecule has 4 aromatic rings. The van der Waals surface area contributed by atoms with Gasteiger partial charge in [-0.3, -0.25) is 9.36 Å². The number of aryl methyl sites for hydroxylation is 1. The first kappa shape index (κ1) is 22.1. The Balaban J connectivity index is 1.55. The minimum Gasteiger partial charge on any atom is -0.325 e. The van der Waals surface area contributed by atoms with Crippen LogP contribution in [0.5, 0.6) is 0 Å². The highest BCUT2D eigenvalue weighted by Gasteiger charge is 2.17. The molecule has 1 heterocycles. The van der Waals surface area contributed by atoms with Gasteiger partial charge in [0.2, 0.25) is 5.91 Å². The lowest BCUT2D eigenvalue weighted by Gasteiger charge is -2.12. The van der Waals surface area contributed by atoms with Crippen LogP contribution in [0.25, 0.3) is 5.69 Å². The third-order valence-corrected chi connectivity index (χ3v) is 6.18. The Labute approximate surface area is 196 Å². The molecule has 162 valence electrons. The van der Waals surface area contributed by atoms with Gasteiger partial charge in [0.15, 0.2) is 5.16 Å². The first-order valence-electron chi connectivity index (χ1n) is 10.4. The molecule has 0 atom stereocenters. The molecule has 0 saturated carbocycles. The van der Waals surface area contributed by atoms with Crippen LogP contribution in [0.3, 0.4) is 0 Å². The first-order chi connectivity index (χ1) is 15.6. The number of thioether (sulfide) groups is 1. The molecule has 1 amide bonds. The third-order valence-electron chi connectivity index (χ3n) is 4.99. The van der Waals surface area contributed by atoms with Crippen LogP contribution in [0.1, 0.15) is 23.9 Å². The summed E-state index contributed by atoms with van der Waals surface area (Å²) in [7, 11) is 0. The van der Waals surface area contributed by atoms with Crippen molar-refractivity contribution >= 4 is 35.0 Å². The second-order valence-corrected chi connectivity index (χ2v) is 8.60. The quantitative estimate of drug-likeness (QED) is 0.336. The standard InChI is InChI=1S/C25H23ClN4OS/c1-2-19-10-6-7-11-22(19)27-24(31)17-32-25-29-28-23(16-18-8-4-3-5-9-18)30(25)21-14-12-20(26)13-15-21/h3-15H,2,16-17H2,1H3,(H,27,31). The Bertz CT molecular complexity index is 1190. The van der Waals surface area contributed by atoms with Crippen molar-refractivity contribution in [3.8, 4) is 5.69 Å². The molecular formula is C25H23ClN4OS. The maximum atomic E-state index is 12.6. The smallest absolute Gasteiger partial charge is 0.234 e. The number of carbonyl (C=O) groups excluding carboxylic acids is 1. The molecule has 0 bridgehead atoms. The summed E-state index contributed by atoms with van der Waals surface area (Å²) in [5, 5.41) is 13.1. The van der Waals surface area contributed by atoms with Gasteiger partial charge in [-0.1, -0.05) is 78.8 Å². The number of rotatable bonds is 8. The average molecular weight is 463 g/mol. The molecule has 3 aromatic carbocycles. The molecule has 5 nitrogen and oxygen atoms in total. The second-order valence-electron chi connectivity index (χ2n) is 7.22. The van der Waals surface area contributed by atoms with Gasteiger partial charge in [-0.05, 0) is 47.9 Å². The van der Waals surface area contributed by atoms with E-state index in [4.69, 9.17) is 11.6 Å². The Morgan fingerprint density at radius 2 is 1.69 bits per heavy atom. The fourth-order valence-corrected chi connectivity index (χ4v) is 4.30. The largest absolute Gasteiger partial charge is 0.325 e. The Morgan fingerprint density at radius 3 is 2.44 bits per heavy atom. The van der Waals surface area contributed by atoms with Crippen molar-refractivity contribution in [2.45, 2.75) is 24.9 Å². The Kier molecular flexibility index (Phi) is 7.24. The number of nitrogens with zero attached hydrogens (tertiary/aromatic N) is 3. The summed E-state index contributed by atoms with van der Waals surface area (Å²) < 4.78 is 1.99. The highest BCUT2D eigenvalue weighted by Crippen LogP contribution is 2.25. The highest BCUT2D eigenvalue weighted by molar-refractivity contribution is 7.99. The van der Waals surface area contributed by atoms with Crippen molar-refractivity contribution in [3.05, 3.63) is 101 Å². The molecule has 0 aliphatic carbocycles. The van der Waals surface area contributed by atoms with Crippen molar-refractivity contribution in [1.82, 2.24) is 14.8 Å². The number of para-hydroxylation sites is 1. The minimum atomic E-state index is -0.0776. The molecule has 0 saturated heterocycles. The third kappa shape index (κ3) is 5.39. The summed E-state index contributed by atoms with van der Waals surface area (Å²) in [6, 6.07) is 25.5. The number of carbonyl (C=O) groups is 1. The van der Waals surface area contributed by atoms with E-state index in [2.05, 4.69) is 34.6 Å². The zero-order valence-electron chi connectivity index (χ0n) is 17.7. The predicted molar refractivity (Wildman–Crippen MR) is 131 cm³/mol. The van der Waals surface area contributed by atoms with Crippen molar-refractivity contribution in [3.63, 3.8) is 0 Å². The fourth-order valence-electron chi connectivity index (χ4n) is 3.40. The lowest BCUT2D eigenvalue weighted by atomic mass is 10.1. The summed E-state index contributed by atoms with van der Waals surface area (Å²) in [6.07, 6.45) is 1.49. The molecule has 1 aromatic heterocycles. The molecule has 4 rings (SSSR count). The molecule has 0 fully saturated rings. The predicted octanol–water partition coefficient (Wildman–Crippen LogP) is 5.80. The van der Waals surface area contributed by atoms with Gasteiger partial charge in [0.25, 0.3) is 0 Å². The van der Waals surface area contributed by atoms with Crippen molar-refractivity contribution in [2.24, 2.45) is 0 Å². The van der Waals surface area contributed by atoms with Crippen LogP contribution >= 0.6 is 23.4 Å². The molecule has 0 spiro atoms. The van der Waals surface area contributed by atoms with Crippen LogP contribution in [-0.4, -0.2) is 26.4 Å². The maximum Gasteiger partial charge on any atom is 0.234 e. The van der Waals surface area contributed by atoms with Crippen molar-refractivity contribution in [1.29, 1.82) is 0 Å². The Morgan fingerprint density at radius 1 is 0.969 bits per heavy atom. The first-order valence-corrected chi connectivity index (χ1v) is 11.7. The number of hydrogen-bond donors (Lipinski definition) is 1. The molecule has 0 radical (unpaired) electrons. The SMILES string of the molecule is CCc1ccccc1NC(=O)CSc1nnc(Cc2ccccc2)n1-c1ccc(Cl)cc1. The minimum absolute atomic E-state index is 0.0776. The number of anilines is 1. The van der Waals surface area contributed by atoms with E-state index in [1.807, 2.05) is 71.3 Å². The van der Waals surface area contributed by atoms with E-state index >= 15 is 0 Å². The fraction of sp³-hybridized carbons (Fsp3) is 0.160. The van der Waals surface area contributed by atoms with Crippen LogP contribution in [0.4, 0.5) is 5.69 Å². The van der Waals surface area contributed by atoms with Crippen molar-refractivity contribution in [2.75, 3.05) is 11.1 Å². The molecule has 0 aliphatic rings. The summed E-state index contributed by atoms with van der Waals surface area (Å²) in [5.74, 6) is 0.957. The zero-order chi connectivity index (χ0) is 22.3. The molecular weight excluding hydrogens is 440 g/mol. The van der Waals surface area contributed by atoms with Gasteiger partial charge in [0, 0.05) is 22.8 Å². The van der Waals surface area contributed by atoms with Gasteiger partial charge in [-0.15, -0.1) is 10.2 Å². The topological polar surface area (TPSA) is 59.8 Å². The molecule has 32 heavy (non-hydrogen) atoms. The van der Waals surface area contributed by atoms with E-state index < -0.39 is 0 Å². The number of hydrogen-bond acceptors (Lipinski definition) is 4. The van der Waals surface area contributed by atoms with Gasteiger partial charge in [-0.25, -0.2) is 0 Å². The van der Waals surface area contributed by atoms with Crippen LogP contribution in [-0.2, 0) is 17.6 Å². The summed E-state index contributed by atoms with van der Waals surface area (Å²) in [6.45, 7) is 2.07. The monoisotopic (exact) mass is 462 g/mol. The van der Waals surface area contributed by atoms with Gasteiger partial charge >= 0.3 is 0 Å². The van der Waals surface area contributed by atoms with Crippen molar-refractivity contribution < 1.29 is 4.79 Å². The second kappa shape index (κ2) is 10.5. The average Bonchev–Trinajstić information content (AvgIpc) is 3.21. The Hall–Kier alpha value is -3.09. The van der Waals surface area contributed by atoms with Crippen LogP contribution in [0.15, 0.2) is 84.0 Å². The number of nitrogens with one attached hydrogen (secondary N) is 1. The molecule has 7 heteroatoms. The zero-order valence-corrected chi connectivity index (χ0v) is 19.2. The maximum absolute atomic E-state index is 12.6. The summed E-state index contributed by atoms with van der Waals surface area (Å²) in [4.78, 5) is 12.6. The van der Waals surface area contributed by atoms with Gasteiger partial charge in [0.1, 0.15) is 5.82 Å². The van der Waals surface area contributed by atoms with Gasteiger partial charge < -0.3 is 5.32 Å². The summed E-state index contributed by atoms with van der Waals surface area (Å²) >= 11 is 7.45. The normalized spacial score (nSPS) is 10.8. The highest BCUT2D eigenvalue weighted by atomic mass is 35.5. The van der Waals surface area contributed by atoms with E-state index in [1.54, 1.807) is 0 Å². The number of halogens is 1. The van der Waals surface area contributed by atoms with Crippen LogP contribution in [0, 0.1) is 0 Å². The number of aromatic nitrogens is 3. The lowest BCUT2D eigenvalue weighted by molar-refractivity contribution is -0.113. The van der Waals surface area contributed by atoms with E-state index in [0.29, 0.717) is 16.6 Å². The van der Waals surface area contributed by atoms with E-state index in [-0.39, 0.29) is 11.7 Å². The number of amides is 1. The lowest BCUT2D eigenvalue weighted by Crippen LogP contribution is -2.15. The van der Waals surface area contributed by atoms with E-state index in [9.17, 15) is 4.79 Å². The number of benzene rings is 3. The van der Waals surface area contributed by atoms with Crippen LogP contribution in [0.2, 0.25) is 5.02 Å². The van der Waals surface area contributed by atoms with Crippen LogP contribution < -0.4 is 5.32 Å². The molecule has 1 N–H and O–H groups in total. The van der Waals surface area contributed by atoms with Gasteiger partial charge in [-0.2, -0.15) is 0 Å².